The first kappa shape index (κ1) is 25.0. The van der Waals surface area contributed by atoms with Crippen molar-refractivity contribution in [3.63, 3.8) is 0 Å². The molecule has 2 heterocycles. The summed E-state index contributed by atoms with van der Waals surface area (Å²) in [5.41, 5.74) is 3.44. The summed E-state index contributed by atoms with van der Waals surface area (Å²) >= 11 is 7.47. The molecule has 0 radical (unpaired) electrons. The number of halogens is 1. The molecule has 1 amide bonds. The molecule has 0 fully saturated rings. The molecule has 36 heavy (non-hydrogen) atoms. The third-order valence-electron chi connectivity index (χ3n) is 5.18. The van der Waals surface area contributed by atoms with E-state index in [1.807, 2.05) is 24.3 Å². The highest BCUT2D eigenvalue weighted by molar-refractivity contribution is 7.16. The van der Waals surface area contributed by atoms with Crippen molar-refractivity contribution < 1.29 is 9.21 Å². The molecule has 2 aromatic carbocycles. The molecule has 0 saturated carbocycles. The van der Waals surface area contributed by atoms with E-state index < -0.39 is 0 Å². The van der Waals surface area contributed by atoms with Gasteiger partial charge in [-0.1, -0.05) is 35.1 Å². The van der Waals surface area contributed by atoms with Crippen molar-refractivity contribution in [1.82, 2.24) is 9.97 Å². The number of anilines is 2. The number of azo groups is 1. The van der Waals surface area contributed by atoms with E-state index in [2.05, 4.69) is 50.3 Å². The predicted octanol–water partition coefficient (Wildman–Crippen LogP) is 7.22. The fourth-order valence-corrected chi connectivity index (χ4v) is 4.50. The molecule has 4 aromatic rings. The van der Waals surface area contributed by atoms with Gasteiger partial charge < -0.3 is 14.6 Å². The number of thiazole rings is 1. The number of aromatic nitrogens is 2. The van der Waals surface area contributed by atoms with Crippen LogP contribution in [0.25, 0.3) is 22.7 Å². The van der Waals surface area contributed by atoms with E-state index in [-0.39, 0.29) is 22.5 Å². The lowest BCUT2D eigenvalue weighted by Crippen LogP contribution is -2.21. The summed E-state index contributed by atoms with van der Waals surface area (Å²) in [4.78, 5) is 23.0. The molecule has 0 aliphatic rings. The summed E-state index contributed by atoms with van der Waals surface area (Å²) in [5, 5.41) is 21.4. The predicted molar refractivity (Wildman–Crippen MR) is 143 cm³/mol. The number of nitrogens with one attached hydrogen (secondary N) is 1. The first-order valence-electron chi connectivity index (χ1n) is 11.1. The summed E-state index contributed by atoms with van der Waals surface area (Å²) in [6, 6.07) is 14.9. The number of rotatable bonds is 8. The highest BCUT2D eigenvalue weighted by Crippen LogP contribution is 2.36. The van der Waals surface area contributed by atoms with Gasteiger partial charge in [-0.15, -0.1) is 10.2 Å². The van der Waals surface area contributed by atoms with E-state index in [4.69, 9.17) is 16.0 Å². The molecule has 0 atom stereocenters. The van der Waals surface area contributed by atoms with Crippen LogP contribution in [0.5, 0.6) is 0 Å². The topological polar surface area (TPSA) is 120 Å². The van der Waals surface area contributed by atoms with E-state index in [1.165, 1.54) is 6.92 Å². The minimum Gasteiger partial charge on any atom is -0.435 e. The van der Waals surface area contributed by atoms with Crippen LogP contribution in [0.3, 0.4) is 0 Å². The van der Waals surface area contributed by atoms with Crippen molar-refractivity contribution >= 4 is 73.8 Å². The van der Waals surface area contributed by atoms with Gasteiger partial charge in [0.1, 0.15) is 28.0 Å². The van der Waals surface area contributed by atoms with Gasteiger partial charge in [0.05, 0.1) is 10.6 Å². The second-order valence-electron chi connectivity index (χ2n) is 7.56. The lowest BCUT2D eigenvalue weighted by molar-refractivity contribution is -0.114. The van der Waals surface area contributed by atoms with Gasteiger partial charge in [0, 0.05) is 25.7 Å². The third kappa shape index (κ3) is 5.59. The smallest absolute Gasteiger partial charge is 0.238 e. The number of carbonyl (C=O) groups excluding carboxylic acids is 1. The quantitative estimate of drug-likeness (QED) is 0.194. The Hall–Kier alpha value is -4.07. The van der Waals surface area contributed by atoms with Gasteiger partial charge in [-0.05, 0) is 50.3 Å². The van der Waals surface area contributed by atoms with Crippen LogP contribution in [0, 0.1) is 11.3 Å². The summed E-state index contributed by atoms with van der Waals surface area (Å²) in [5.74, 6) is -0.0179. The zero-order valence-electron chi connectivity index (χ0n) is 19.8. The van der Waals surface area contributed by atoms with Crippen LogP contribution >= 0.6 is 22.9 Å². The Morgan fingerprint density at radius 2 is 2.00 bits per heavy atom. The molecule has 0 spiro atoms. The van der Waals surface area contributed by atoms with E-state index in [1.54, 1.807) is 24.3 Å². The van der Waals surface area contributed by atoms with Crippen molar-refractivity contribution in [3.05, 3.63) is 58.4 Å². The zero-order valence-corrected chi connectivity index (χ0v) is 21.4. The van der Waals surface area contributed by atoms with Crippen LogP contribution in [-0.2, 0) is 4.79 Å². The van der Waals surface area contributed by atoms with Crippen LogP contribution in [0.2, 0.25) is 5.15 Å². The van der Waals surface area contributed by atoms with Crippen LogP contribution in [0.1, 0.15) is 31.5 Å². The molecule has 0 bridgehead atoms. The van der Waals surface area contributed by atoms with Gasteiger partial charge in [-0.2, -0.15) is 5.26 Å². The zero-order chi connectivity index (χ0) is 25.7. The summed E-state index contributed by atoms with van der Waals surface area (Å²) in [6.07, 6.45) is 1.56. The number of amides is 1. The molecule has 11 heteroatoms. The maximum atomic E-state index is 11.7. The molecule has 0 aliphatic heterocycles. The molecule has 182 valence electrons. The fraction of sp³-hybridized carbons (Fsp3) is 0.200. The van der Waals surface area contributed by atoms with Crippen molar-refractivity contribution in [1.29, 1.82) is 5.26 Å². The van der Waals surface area contributed by atoms with E-state index in [9.17, 15) is 10.1 Å². The Morgan fingerprint density at radius 1 is 1.22 bits per heavy atom. The summed E-state index contributed by atoms with van der Waals surface area (Å²) < 4.78 is 5.69. The van der Waals surface area contributed by atoms with Crippen LogP contribution < -0.4 is 10.2 Å². The highest BCUT2D eigenvalue weighted by atomic mass is 35.5. The lowest BCUT2D eigenvalue weighted by Gasteiger charge is -2.22. The highest BCUT2D eigenvalue weighted by Gasteiger charge is 2.15. The minimum absolute atomic E-state index is 0.178. The molecule has 9 nitrogen and oxygen atoms in total. The Balaban J connectivity index is 1.62. The number of allylic oxidation sites excluding steroid dienone is 1. The van der Waals surface area contributed by atoms with E-state index in [0.29, 0.717) is 32.5 Å². The standard InChI is InChI=1S/C25H22ClN7O2S/c1-4-33(5-2)17-10-11-18(20(13-17)28-15(3)34)31-32-25-30-23(26)22(36-25)12-16(14-27)24-29-19-8-6-7-9-21(19)35-24/h6-13H,4-5H2,1-3H3,(H,28,34)/b16-12+,32-31?. The maximum Gasteiger partial charge on any atom is 0.238 e. The number of benzene rings is 2. The lowest BCUT2D eigenvalue weighted by atomic mass is 10.2. The average molecular weight is 520 g/mol. The number of nitrogens with zero attached hydrogens (tertiary/aromatic N) is 6. The number of carbonyl (C=O) groups is 1. The second-order valence-corrected chi connectivity index (χ2v) is 8.93. The number of nitriles is 1. The van der Waals surface area contributed by atoms with Crippen molar-refractivity contribution in [3.8, 4) is 6.07 Å². The Bertz CT molecular complexity index is 1480. The average Bonchev–Trinajstić information content (AvgIpc) is 3.45. The first-order chi connectivity index (χ1) is 17.4. The van der Waals surface area contributed by atoms with Crippen LogP contribution in [-0.4, -0.2) is 29.0 Å². The monoisotopic (exact) mass is 519 g/mol. The number of hydrogen-bond acceptors (Lipinski definition) is 9. The molecule has 1 N–H and O–H groups in total. The largest absolute Gasteiger partial charge is 0.435 e. The maximum absolute atomic E-state index is 11.7. The van der Waals surface area contributed by atoms with Crippen LogP contribution in [0.4, 0.5) is 22.2 Å². The first-order valence-corrected chi connectivity index (χ1v) is 12.3. The fourth-order valence-electron chi connectivity index (χ4n) is 3.48. The third-order valence-corrected chi connectivity index (χ3v) is 6.47. The van der Waals surface area contributed by atoms with Gasteiger partial charge in [0.2, 0.25) is 16.9 Å². The number of fused-ring (bicyclic) bond motifs is 1. The van der Waals surface area contributed by atoms with Gasteiger partial charge >= 0.3 is 0 Å². The van der Waals surface area contributed by atoms with Gasteiger partial charge in [0.25, 0.3) is 0 Å². The van der Waals surface area contributed by atoms with Gasteiger partial charge in [0.15, 0.2) is 5.58 Å². The SMILES string of the molecule is CCN(CC)c1ccc(N=Nc2nc(Cl)c(/C=C(\C#N)c3nc4ccccc4o3)s2)c(NC(C)=O)c1. The summed E-state index contributed by atoms with van der Waals surface area (Å²) in [7, 11) is 0. The number of para-hydroxylation sites is 2. The molecule has 0 aliphatic carbocycles. The Labute approximate surface area is 216 Å². The van der Waals surface area contributed by atoms with Gasteiger partial charge in [-0.25, -0.2) is 9.97 Å². The van der Waals surface area contributed by atoms with Crippen LogP contribution in [0.15, 0.2) is 57.1 Å². The molecule has 0 unspecified atom stereocenters. The molecular weight excluding hydrogens is 498 g/mol. The summed E-state index contributed by atoms with van der Waals surface area (Å²) in [6.45, 7) is 7.23. The molecular formula is C25H22ClN7O2S. The Morgan fingerprint density at radius 3 is 2.69 bits per heavy atom. The van der Waals surface area contributed by atoms with E-state index in [0.717, 1.165) is 30.1 Å². The van der Waals surface area contributed by atoms with Crippen molar-refractivity contribution in [2.75, 3.05) is 23.3 Å². The van der Waals surface area contributed by atoms with Crippen molar-refractivity contribution in [2.45, 2.75) is 20.8 Å². The van der Waals surface area contributed by atoms with Gasteiger partial charge in [-0.3, -0.25) is 4.79 Å². The normalized spacial score (nSPS) is 11.7. The Kier molecular flexibility index (Phi) is 7.73. The molecule has 4 rings (SSSR count). The van der Waals surface area contributed by atoms with Crippen molar-refractivity contribution in [2.24, 2.45) is 10.2 Å². The molecule has 0 saturated heterocycles. The molecule has 2 aromatic heterocycles. The van der Waals surface area contributed by atoms with E-state index >= 15 is 0 Å². The number of hydrogen-bond donors (Lipinski definition) is 1. The second kappa shape index (κ2) is 11.1. The number of oxazole rings is 1. The minimum atomic E-state index is -0.212.